The molecule has 0 saturated carbocycles. The molecule has 0 aliphatic rings. The zero-order valence-corrected chi connectivity index (χ0v) is 14.2. The molecule has 0 aliphatic carbocycles. The van der Waals surface area contributed by atoms with Crippen LogP contribution in [0, 0.1) is 13.8 Å². The van der Waals surface area contributed by atoms with Crippen LogP contribution in [0.15, 0.2) is 77.0 Å². The van der Waals surface area contributed by atoms with Crippen molar-refractivity contribution in [3.8, 4) is 11.5 Å². The van der Waals surface area contributed by atoms with E-state index in [0.717, 1.165) is 22.4 Å². The summed E-state index contributed by atoms with van der Waals surface area (Å²) in [4.78, 5) is 0. The molecule has 0 saturated heterocycles. The summed E-state index contributed by atoms with van der Waals surface area (Å²) in [6.07, 6.45) is 0. The molecule has 0 amide bonds. The molecule has 0 aliphatic heterocycles. The van der Waals surface area contributed by atoms with Crippen molar-refractivity contribution in [3.63, 3.8) is 0 Å². The molecule has 3 rings (SSSR count). The SMILES string of the molecule is Cc1ccc(N=NC(c2ccc(O)cc2)c2ccc(O)cc2)c(C)c1. The van der Waals surface area contributed by atoms with Crippen LogP contribution < -0.4 is 0 Å². The summed E-state index contributed by atoms with van der Waals surface area (Å²) in [6.45, 7) is 4.06. The van der Waals surface area contributed by atoms with Gasteiger partial charge in [0.25, 0.3) is 0 Å². The molecular formula is C21H20N2O2. The number of aromatic hydroxyl groups is 2. The number of hydrogen-bond acceptors (Lipinski definition) is 4. The number of nitrogens with zero attached hydrogens (tertiary/aromatic N) is 2. The second-order valence-corrected chi connectivity index (χ2v) is 6.09. The van der Waals surface area contributed by atoms with Crippen molar-refractivity contribution < 1.29 is 10.2 Å². The van der Waals surface area contributed by atoms with Gasteiger partial charge in [-0.2, -0.15) is 10.2 Å². The summed E-state index contributed by atoms with van der Waals surface area (Å²) in [5.74, 6) is 0.416. The first-order valence-electron chi connectivity index (χ1n) is 8.09. The lowest BCUT2D eigenvalue weighted by Crippen LogP contribution is -1.97. The largest absolute Gasteiger partial charge is 0.508 e. The van der Waals surface area contributed by atoms with Crippen molar-refractivity contribution in [1.29, 1.82) is 0 Å². The maximum absolute atomic E-state index is 9.53. The Morgan fingerprint density at radius 2 is 1.24 bits per heavy atom. The maximum Gasteiger partial charge on any atom is 0.121 e. The van der Waals surface area contributed by atoms with Gasteiger partial charge in [-0.3, -0.25) is 0 Å². The van der Waals surface area contributed by atoms with Gasteiger partial charge in [-0.25, -0.2) is 0 Å². The number of phenols is 2. The van der Waals surface area contributed by atoms with E-state index in [1.165, 1.54) is 5.56 Å². The quantitative estimate of drug-likeness (QED) is 0.612. The molecule has 4 heteroatoms. The van der Waals surface area contributed by atoms with Crippen LogP contribution in [0.1, 0.15) is 28.3 Å². The zero-order valence-electron chi connectivity index (χ0n) is 14.2. The predicted octanol–water partition coefficient (Wildman–Crippen LogP) is 5.59. The molecule has 0 heterocycles. The molecule has 0 fully saturated rings. The Morgan fingerprint density at radius 1 is 0.720 bits per heavy atom. The van der Waals surface area contributed by atoms with Crippen LogP contribution in [0.3, 0.4) is 0 Å². The number of aryl methyl sites for hydroxylation is 2. The third-order valence-electron chi connectivity index (χ3n) is 4.05. The molecule has 3 aromatic rings. The van der Waals surface area contributed by atoms with Crippen molar-refractivity contribution in [2.24, 2.45) is 10.2 Å². The number of benzene rings is 3. The second-order valence-electron chi connectivity index (χ2n) is 6.09. The predicted molar refractivity (Wildman–Crippen MR) is 98.5 cm³/mol. The molecule has 0 aromatic heterocycles. The standard InChI is InChI=1S/C21H20N2O2/c1-14-3-12-20(15(2)13-14)22-23-21(16-4-8-18(24)9-5-16)17-6-10-19(25)11-7-17/h3-13,21,24-25H,1-2H3. The van der Waals surface area contributed by atoms with E-state index < -0.39 is 0 Å². The number of rotatable bonds is 4. The monoisotopic (exact) mass is 332 g/mol. The van der Waals surface area contributed by atoms with Crippen molar-refractivity contribution in [1.82, 2.24) is 0 Å². The molecule has 25 heavy (non-hydrogen) atoms. The highest BCUT2D eigenvalue weighted by atomic mass is 16.3. The fourth-order valence-electron chi connectivity index (χ4n) is 2.68. The summed E-state index contributed by atoms with van der Waals surface area (Å²) >= 11 is 0. The van der Waals surface area contributed by atoms with Crippen molar-refractivity contribution in [3.05, 3.63) is 89.0 Å². The summed E-state index contributed by atoms with van der Waals surface area (Å²) in [7, 11) is 0. The fraction of sp³-hybridized carbons (Fsp3) is 0.143. The zero-order chi connectivity index (χ0) is 17.8. The van der Waals surface area contributed by atoms with E-state index in [1.54, 1.807) is 24.3 Å². The van der Waals surface area contributed by atoms with Gasteiger partial charge in [0.2, 0.25) is 0 Å². The first-order chi connectivity index (χ1) is 12.0. The van der Waals surface area contributed by atoms with E-state index in [2.05, 4.69) is 16.3 Å². The number of azo groups is 1. The smallest absolute Gasteiger partial charge is 0.121 e. The summed E-state index contributed by atoms with van der Waals surface area (Å²) < 4.78 is 0. The lowest BCUT2D eigenvalue weighted by Gasteiger charge is -2.13. The van der Waals surface area contributed by atoms with Crippen LogP contribution in [0.4, 0.5) is 5.69 Å². The molecule has 2 N–H and O–H groups in total. The van der Waals surface area contributed by atoms with Crippen LogP contribution in [0.25, 0.3) is 0 Å². The third-order valence-corrected chi connectivity index (χ3v) is 4.05. The van der Waals surface area contributed by atoms with Gasteiger partial charge < -0.3 is 10.2 Å². The highest BCUT2D eigenvalue weighted by molar-refractivity contribution is 5.46. The molecule has 126 valence electrons. The molecule has 0 unspecified atom stereocenters. The summed E-state index contributed by atoms with van der Waals surface area (Å²) in [6, 6.07) is 19.6. The van der Waals surface area contributed by atoms with Crippen LogP contribution in [0.5, 0.6) is 11.5 Å². The van der Waals surface area contributed by atoms with E-state index in [1.807, 2.05) is 50.2 Å². The van der Waals surface area contributed by atoms with Crippen LogP contribution in [0.2, 0.25) is 0 Å². The van der Waals surface area contributed by atoms with E-state index in [0.29, 0.717) is 0 Å². The van der Waals surface area contributed by atoms with E-state index in [-0.39, 0.29) is 17.5 Å². The topological polar surface area (TPSA) is 65.2 Å². The van der Waals surface area contributed by atoms with Gasteiger partial charge in [-0.1, -0.05) is 42.0 Å². The van der Waals surface area contributed by atoms with Crippen molar-refractivity contribution in [2.75, 3.05) is 0 Å². The minimum Gasteiger partial charge on any atom is -0.508 e. The minimum atomic E-state index is -0.318. The molecule has 0 atom stereocenters. The Morgan fingerprint density at radius 3 is 1.72 bits per heavy atom. The number of phenolic OH excluding ortho intramolecular Hbond substituents is 2. The van der Waals surface area contributed by atoms with E-state index >= 15 is 0 Å². The number of hydrogen-bond donors (Lipinski definition) is 2. The average molecular weight is 332 g/mol. The van der Waals surface area contributed by atoms with Gasteiger partial charge in [0, 0.05) is 0 Å². The molecule has 4 nitrogen and oxygen atoms in total. The Hall–Kier alpha value is -3.14. The average Bonchev–Trinajstić information content (AvgIpc) is 2.59. The molecule has 3 aromatic carbocycles. The molecular weight excluding hydrogens is 312 g/mol. The first-order valence-corrected chi connectivity index (χ1v) is 8.09. The van der Waals surface area contributed by atoms with E-state index in [9.17, 15) is 10.2 Å². The minimum absolute atomic E-state index is 0.208. The highest BCUT2D eigenvalue weighted by Gasteiger charge is 2.14. The van der Waals surface area contributed by atoms with Gasteiger partial charge in [0.15, 0.2) is 0 Å². The molecule has 0 spiro atoms. The van der Waals surface area contributed by atoms with Gasteiger partial charge >= 0.3 is 0 Å². The fourth-order valence-corrected chi connectivity index (χ4v) is 2.68. The van der Waals surface area contributed by atoms with Crippen molar-refractivity contribution in [2.45, 2.75) is 19.9 Å². The normalized spacial score (nSPS) is 11.3. The Bertz CT molecular complexity index is 839. The molecule has 0 bridgehead atoms. The van der Waals surface area contributed by atoms with Gasteiger partial charge in [0.1, 0.15) is 17.5 Å². The molecule has 0 radical (unpaired) electrons. The third kappa shape index (κ3) is 4.04. The summed E-state index contributed by atoms with van der Waals surface area (Å²) in [5, 5.41) is 28.0. The second kappa shape index (κ2) is 7.18. The first kappa shape index (κ1) is 16.7. The Kier molecular flexibility index (Phi) is 4.80. The van der Waals surface area contributed by atoms with Crippen molar-refractivity contribution >= 4 is 5.69 Å². The lowest BCUT2D eigenvalue weighted by molar-refractivity contribution is 0.475. The Balaban J connectivity index is 1.99. The van der Waals surface area contributed by atoms with E-state index in [4.69, 9.17) is 0 Å². The van der Waals surface area contributed by atoms with Crippen LogP contribution in [-0.2, 0) is 0 Å². The highest BCUT2D eigenvalue weighted by Crippen LogP contribution is 2.31. The Labute approximate surface area is 147 Å². The maximum atomic E-state index is 9.53. The summed E-state index contributed by atoms with van der Waals surface area (Å²) in [5.41, 5.74) is 4.91. The lowest BCUT2D eigenvalue weighted by atomic mass is 9.99. The van der Waals surface area contributed by atoms with Gasteiger partial charge in [0.05, 0.1) is 5.69 Å². The van der Waals surface area contributed by atoms with Crippen LogP contribution >= 0.6 is 0 Å². The van der Waals surface area contributed by atoms with Crippen LogP contribution in [-0.4, -0.2) is 10.2 Å². The van der Waals surface area contributed by atoms with Gasteiger partial charge in [-0.05, 0) is 60.9 Å². The van der Waals surface area contributed by atoms with Gasteiger partial charge in [-0.15, -0.1) is 0 Å².